The first-order chi connectivity index (χ1) is 6.84. The molecule has 0 aliphatic carbocycles. The number of pyridine rings is 1. The summed E-state index contributed by atoms with van der Waals surface area (Å²) in [5.74, 6) is 0.826. The molecule has 2 aromatic rings. The van der Waals surface area contributed by atoms with Gasteiger partial charge in [-0.05, 0) is 39.6 Å². The molecule has 0 aliphatic rings. The second-order valence-electron chi connectivity index (χ2n) is 2.60. The molecule has 0 aliphatic heterocycles. The minimum absolute atomic E-state index is 0.653. The summed E-state index contributed by atoms with van der Waals surface area (Å²) in [6.07, 6.45) is 0. The van der Waals surface area contributed by atoms with Crippen molar-refractivity contribution >= 4 is 33.3 Å². The van der Waals surface area contributed by atoms with Gasteiger partial charge in [-0.2, -0.15) is 0 Å². The fourth-order valence-electron chi connectivity index (χ4n) is 0.949. The molecule has 0 spiro atoms. The number of hydrogen-bond donors (Lipinski definition) is 1. The number of anilines is 1. The zero-order valence-electron chi connectivity index (χ0n) is 7.14. The van der Waals surface area contributed by atoms with Gasteiger partial charge in [-0.25, -0.2) is 4.98 Å². The average Bonchev–Trinajstić information content (AvgIpc) is 2.67. The Balaban J connectivity index is 1.98. The first-order valence-corrected chi connectivity index (χ1v) is 5.60. The maximum absolute atomic E-state index is 4.23. The van der Waals surface area contributed by atoms with Gasteiger partial charge in [0.25, 0.3) is 0 Å². The summed E-state index contributed by atoms with van der Waals surface area (Å²) in [5.41, 5.74) is 0.928. The number of hydrogen-bond acceptors (Lipinski definition) is 5. The molecule has 0 saturated carbocycles. The monoisotopic (exact) mass is 270 g/mol. The summed E-state index contributed by atoms with van der Waals surface area (Å²) >= 11 is 4.65. The Labute approximate surface area is 93.7 Å². The smallest absolute Gasteiger partial charge is 0.127 e. The van der Waals surface area contributed by atoms with Crippen LogP contribution in [0.2, 0.25) is 0 Å². The van der Waals surface area contributed by atoms with E-state index >= 15 is 0 Å². The molecule has 2 aromatic heterocycles. The molecule has 0 atom stereocenters. The predicted molar refractivity (Wildman–Crippen MR) is 59.2 cm³/mol. The lowest BCUT2D eigenvalue weighted by Crippen LogP contribution is -2.01. The van der Waals surface area contributed by atoms with Crippen molar-refractivity contribution in [3.8, 4) is 0 Å². The molecule has 72 valence electrons. The Morgan fingerprint density at radius 3 is 3.07 bits per heavy atom. The fraction of sp³-hybridized carbons (Fsp3) is 0.125. The molecule has 2 rings (SSSR count). The van der Waals surface area contributed by atoms with Crippen molar-refractivity contribution in [2.45, 2.75) is 6.54 Å². The van der Waals surface area contributed by atoms with E-state index < -0.39 is 0 Å². The SMILES string of the molecule is Brc1cccc(NCc2csnn2)n1. The van der Waals surface area contributed by atoms with Crippen LogP contribution in [0.15, 0.2) is 28.2 Å². The van der Waals surface area contributed by atoms with Crippen LogP contribution in [0.25, 0.3) is 0 Å². The van der Waals surface area contributed by atoms with Crippen LogP contribution in [0.5, 0.6) is 0 Å². The highest BCUT2D eigenvalue weighted by Crippen LogP contribution is 2.10. The molecule has 0 fully saturated rings. The highest BCUT2D eigenvalue weighted by atomic mass is 79.9. The standard InChI is InChI=1S/C8H7BrN4S/c9-7-2-1-3-8(11-7)10-4-6-5-14-13-12-6/h1-3,5H,4H2,(H,10,11). The molecule has 2 heterocycles. The average molecular weight is 271 g/mol. The number of nitrogens with one attached hydrogen (secondary N) is 1. The van der Waals surface area contributed by atoms with Crippen LogP contribution in [-0.4, -0.2) is 14.6 Å². The quantitative estimate of drug-likeness (QED) is 0.870. The van der Waals surface area contributed by atoms with Gasteiger partial charge in [-0.15, -0.1) is 5.10 Å². The van der Waals surface area contributed by atoms with Gasteiger partial charge in [0.05, 0.1) is 12.2 Å². The van der Waals surface area contributed by atoms with Gasteiger partial charge in [0.1, 0.15) is 10.4 Å². The predicted octanol–water partition coefficient (Wildman–Crippen LogP) is 2.31. The molecule has 4 nitrogen and oxygen atoms in total. The zero-order chi connectivity index (χ0) is 9.80. The van der Waals surface area contributed by atoms with E-state index in [2.05, 4.69) is 35.8 Å². The van der Waals surface area contributed by atoms with Crippen molar-refractivity contribution in [2.75, 3.05) is 5.32 Å². The lowest BCUT2D eigenvalue weighted by molar-refractivity contribution is 0.988. The summed E-state index contributed by atoms with van der Waals surface area (Å²) in [5, 5.41) is 8.98. The lowest BCUT2D eigenvalue weighted by atomic mass is 10.4. The van der Waals surface area contributed by atoms with Crippen molar-refractivity contribution in [1.82, 2.24) is 14.6 Å². The molecular formula is C8H7BrN4S. The number of halogens is 1. The first-order valence-electron chi connectivity index (χ1n) is 3.97. The molecule has 0 unspecified atom stereocenters. The van der Waals surface area contributed by atoms with Crippen molar-refractivity contribution < 1.29 is 0 Å². The van der Waals surface area contributed by atoms with E-state index in [1.54, 1.807) is 0 Å². The van der Waals surface area contributed by atoms with E-state index in [1.165, 1.54) is 11.5 Å². The van der Waals surface area contributed by atoms with E-state index in [9.17, 15) is 0 Å². The van der Waals surface area contributed by atoms with Crippen LogP contribution >= 0.6 is 27.5 Å². The topological polar surface area (TPSA) is 50.7 Å². The molecule has 14 heavy (non-hydrogen) atoms. The molecule has 0 radical (unpaired) electrons. The van der Waals surface area contributed by atoms with Gasteiger partial charge < -0.3 is 5.32 Å². The van der Waals surface area contributed by atoms with E-state index in [0.717, 1.165) is 16.1 Å². The molecule has 0 aromatic carbocycles. The maximum Gasteiger partial charge on any atom is 0.127 e. The van der Waals surface area contributed by atoms with Crippen LogP contribution in [0.3, 0.4) is 0 Å². The number of nitrogens with zero attached hydrogens (tertiary/aromatic N) is 3. The van der Waals surface area contributed by atoms with Gasteiger partial charge in [0.2, 0.25) is 0 Å². The maximum atomic E-state index is 4.23. The normalized spacial score (nSPS) is 10.1. The van der Waals surface area contributed by atoms with Gasteiger partial charge >= 0.3 is 0 Å². The molecule has 0 bridgehead atoms. The number of rotatable bonds is 3. The Kier molecular flexibility index (Phi) is 3.05. The summed E-state index contributed by atoms with van der Waals surface area (Å²) < 4.78 is 4.59. The largest absolute Gasteiger partial charge is 0.364 e. The molecule has 0 saturated heterocycles. The second kappa shape index (κ2) is 4.47. The summed E-state index contributed by atoms with van der Waals surface area (Å²) in [6, 6.07) is 5.72. The molecule has 1 N–H and O–H groups in total. The number of aromatic nitrogens is 3. The zero-order valence-corrected chi connectivity index (χ0v) is 9.55. The minimum Gasteiger partial charge on any atom is -0.364 e. The van der Waals surface area contributed by atoms with Gasteiger partial charge in [-0.3, -0.25) is 0 Å². The summed E-state index contributed by atoms with van der Waals surface area (Å²) in [7, 11) is 0. The third-order valence-electron chi connectivity index (χ3n) is 1.57. The van der Waals surface area contributed by atoms with E-state index in [4.69, 9.17) is 0 Å². The van der Waals surface area contributed by atoms with E-state index in [1.807, 2.05) is 23.6 Å². The summed E-state index contributed by atoms with van der Waals surface area (Å²) in [4.78, 5) is 4.23. The van der Waals surface area contributed by atoms with Crippen LogP contribution in [0.1, 0.15) is 5.69 Å². The fourth-order valence-corrected chi connectivity index (χ4v) is 1.74. The second-order valence-corrected chi connectivity index (χ2v) is 4.02. The van der Waals surface area contributed by atoms with Crippen molar-refractivity contribution in [3.63, 3.8) is 0 Å². The van der Waals surface area contributed by atoms with Gasteiger partial charge in [0.15, 0.2) is 0 Å². The molecule has 6 heteroatoms. The Morgan fingerprint density at radius 1 is 1.43 bits per heavy atom. The van der Waals surface area contributed by atoms with Crippen molar-refractivity contribution in [3.05, 3.63) is 33.9 Å². The molecule has 0 amide bonds. The lowest BCUT2D eigenvalue weighted by Gasteiger charge is -2.02. The Bertz CT molecular complexity index is 403. The molecular weight excluding hydrogens is 264 g/mol. The van der Waals surface area contributed by atoms with Crippen molar-refractivity contribution in [1.29, 1.82) is 0 Å². The highest BCUT2D eigenvalue weighted by Gasteiger charge is 1.97. The van der Waals surface area contributed by atoms with Crippen molar-refractivity contribution in [2.24, 2.45) is 0 Å². The van der Waals surface area contributed by atoms with E-state index in [0.29, 0.717) is 6.54 Å². The van der Waals surface area contributed by atoms with Gasteiger partial charge in [-0.1, -0.05) is 10.6 Å². The Morgan fingerprint density at radius 2 is 2.36 bits per heavy atom. The van der Waals surface area contributed by atoms with Crippen LogP contribution in [0, 0.1) is 0 Å². The van der Waals surface area contributed by atoms with Crippen LogP contribution in [0.4, 0.5) is 5.82 Å². The summed E-state index contributed by atoms with van der Waals surface area (Å²) in [6.45, 7) is 0.653. The van der Waals surface area contributed by atoms with Crippen LogP contribution in [-0.2, 0) is 6.54 Å². The third kappa shape index (κ3) is 2.49. The highest BCUT2D eigenvalue weighted by molar-refractivity contribution is 9.10. The first kappa shape index (κ1) is 9.54. The van der Waals surface area contributed by atoms with E-state index in [-0.39, 0.29) is 0 Å². The third-order valence-corrected chi connectivity index (χ3v) is 2.57. The minimum atomic E-state index is 0.653. The Hall–Kier alpha value is -1.01. The van der Waals surface area contributed by atoms with Crippen LogP contribution < -0.4 is 5.32 Å². The van der Waals surface area contributed by atoms with Gasteiger partial charge in [0, 0.05) is 5.38 Å².